The molecule has 0 aromatic heterocycles. The van der Waals surface area contributed by atoms with Gasteiger partial charge < -0.3 is 0 Å². The second kappa shape index (κ2) is 14.7. The van der Waals surface area contributed by atoms with E-state index in [1.54, 1.807) is 0 Å². The van der Waals surface area contributed by atoms with E-state index in [9.17, 15) is 0 Å². The van der Waals surface area contributed by atoms with Crippen LogP contribution in [0.25, 0.3) is 0 Å². The van der Waals surface area contributed by atoms with Crippen LogP contribution in [0.4, 0.5) is 0 Å². The molecule has 0 aliphatic carbocycles. The summed E-state index contributed by atoms with van der Waals surface area (Å²) in [6, 6.07) is 0. The van der Waals surface area contributed by atoms with Crippen LogP contribution < -0.4 is 0 Å². The van der Waals surface area contributed by atoms with Crippen molar-refractivity contribution in [2.75, 3.05) is 0 Å². The van der Waals surface area contributed by atoms with E-state index in [2.05, 4.69) is 366 Å². The molecule has 0 N–H and O–H groups in total. The quantitative estimate of drug-likeness (QED) is 0.202. The average molecular weight is 1980 g/mol. The first kappa shape index (κ1) is 46.0. The first-order valence-corrected chi connectivity index (χ1v) is 25.6. The summed E-state index contributed by atoms with van der Waals surface area (Å²) in [5.41, 5.74) is 0. The minimum absolute atomic E-state index is 0.643. The lowest BCUT2D eigenvalue weighted by Gasteiger charge is -2.60. The lowest BCUT2D eigenvalue weighted by atomic mass is 10.0. The molecule has 0 bridgehead atoms. The molecule has 35 heavy (non-hydrogen) atoms. The van der Waals surface area contributed by atoms with E-state index in [4.69, 9.17) is 0 Å². The van der Waals surface area contributed by atoms with Crippen molar-refractivity contribution in [1.82, 2.24) is 0 Å². The van der Waals surface area contributed by atoms with E-state index in [1.807, 2.05) is 6.92 Å². The van der Waals surface area contributed by atoms with Gasteiger partial charge in [-0.05, 0) is 6.92 Å². The molecule has 0 radical (unpaired) electrons. The third-order valence-corrected chi connectivity index (χ3v) is 51.2. The highest BCUT2D eigenvalue weighted by Crippen LogP contribution is 2.80. The summed E-state index contributed by atoms with van der Waals surface area (Å²) < 4.78 is -10.7. The number of hydrogen-bond donors (Lipinski definition) is 0. The van der Waals surface area contributed by atoms with E-state index in [0.29, 0.717) is 0 Å². The molecular formula is C12H3Br23. The molecule has 0 aromatic carbocycles. The van der Waals surface area contributed by atoms with Gasteiger partial charge in [-0.15, -0.1) is 0 Å². The highest BCUT2D eigenvalue weighted by molar-refractivity contribution is 9.42. The Kier molecular flexibility index (Phi) is 19.4. The van der Waals surface area contributed by atoms with Crippen LogP contribution in [0.5, 0.6) is 0 Å². The van der Waals surface area contributed by atoms with Crippen LogP contribution in [0.1, 0.15) is 6.92 Å². The fourth-order valence-corrected chi connectivity index (χ4v) is 23.1. The zero-order valence-corrected chi connectivity index (χ0v) is 51.7. The molecule has 0 fully saturated rings. The molecule has 0 atom stereocenters. The molecule has 0 aliphatic heterocycles. The van der Waals surface area contributed by atoms with E-state index < -0.39 is 34.5 Å². The van der Waals surface area contributed by atoms with Crippen LogP contribution in [0.2, 0.25) is 0 Å². The summed E-state index contributed by atoms with van der Waals surface area (Å²) >= 11 is 87.8. The summed E-state index contributed by atoms with van der Waals surface area (Å²) in [6.07, 6.45) is 0. The Hall–Kier alpha value is 11.0. The van der Waals surface area contributed by atoms with Crippen molar-refractivity contribution in [3.05, 3.63) is 0 Å². The molecule has 0 amide bonds. The van der Waals surface area contributed by atoms with E-state index in [1.165, 1.54) is 0 Å². The van der Waals surface area contributed by atoms with Crippen LogP contribution in [0, 0.1) is 0 Å². The maximum Gasteiger partial charge on any atom is 0.162 e. The van der Waals surface area contributed by atoms with Crippen LogP contribution in [0.15, 0.2) is 0 Å². The molecule has 0 heterocycles. The Morgan fingerprint density at radius 3 is 0.514 bits per heavy atom. The first-order valence-electron chi connectivity index (χ1n) is 7.35. The normalized spacial score (nSPS) is 17.1. The molecule has 0 aromatic rings. The van der Waals surface area contributed by atoms with Gasteiger partial charge in [-0.2, -0.15) is 0 Å². The van der Waals surface area contributed by atoms with Gasteiger partial charge >= 0.3 is 0 Å². The molecule has 23 heteroatoms. The molecule has 212 valence electrons. The lowest BCUT2D eigenvalue weighted by Crippen LogP contribution is -2.71. The fourth-order valence-electron chi connectivity index (χ4n) is 1.83. The minimum Gasteiger partial charge on any atom is -0.0704 e. The number of rotatable bonds is 9. The fraction of sp³-hybridized carbons (Fsp3) is 1.00. The van der Waals surface area contributed by atoms with Crippen molar-refractivity contribution in [3.63, 3.8) is 0 Å². The Morgan fingerprint density at radius 1 is 0.229 bits per heavy atom. The largest absolute Gasteiger partial charge is 0.162 e. The smallest absolute Gasteiger partial charge is 0.0704 e. The summed E-state index contributed by atoms with van der Waals surface area (Å²) in [7, 11) is 0. The van der Waals surface area contributed by atoms with Gasteiger partial charge in [0.1, 0.15) is 32.3 Å². The topological polar surface area (TPSA) is 0 Å². The van der Waals surface area contributed by atoms with Crippen molar-refractivity contribution in [1.29, 1.82) is 0 Å². The van der Waals surface area contributed by atoms with Gasteiger partial charge in [0.2, 0.25) is 0 Å². The highest BCUT2D eigenvalue weighted by atomic mass is 80.0. The van der Waals surface area contributed by atoms with E-state index >= 15 is 0 Å². The monoisotopic (exact) mass is 1960 g/mol. The molecule has 0 unspecified atom stereocenters. The standard InChI is InChI=1S/C12H3Br23/c1-2(13,14)3(15,16)4(17,18)5(19,20)6(21,22)7(23,24)8(25,26)9(27,28)10(29,30)11(31,32)12(33,34)35/h1H3. The van der Waals surface area contributed by atoms with Gasteiger partial charge in [-0.1, -0.05) is 366 Å². The first-order chi connectivity index (χ1) is 14.5. The maximum absolute atomic E-state index is 3.92. The molecule has 0 saturated heterocycles. The number of alkyl halides is 23. The Bertz CT molecular complexity index is 711. The average Bonchev–Trinajstić information content (AvgIpc) is 2.58. The molecule has 0 nitrogen and oxygen atoms in total. The van der Waals surface area contributed by atoms with Crippen molar-refractivity contribution in [2.24, 2.45) is 0 Å². The van der Waals surface area contributed by atoms with Crippen molar-refractivity contribution >= 4 is 366 Å². The maximum atomic E-state index is 3.92. The van der Waals surface area contributed by atoms with Crippen molar-refractivity contribution < 1.29 is 0 Å². The molecular weight excluding hydrogens is 1980 g/mol. The lowest BCUT2D eigenvalue weighted by molar-refractivity contribution is 0.551. The minimum atomic E-state index is -1.12. The second-order valence-corrected chi connectivity index (χ2v) is 48.5. The Morgan fingerprint density at radius 2 is 0.371 bits per heavy atom. The second-order valence-electron chi connectivity index (χ2n) is 6.56. The molecule has 0 aliphatic rings. The predicted octanol–water partition coefficient (Wildman–Crippen LogP) is 17.7. The summed E-state index contributed by atoms with van der Waals surface area (Å²) in [5, 5.41) is 0. The molecule has 0 saturated carbocycles. The van der Waals surface area contributed by atoms with Crippen LogP contribution in [0.3, 0.4) is 0 Å². The summed E-state index contributed by atoms with van der Waals surface area (Å²) in [4.78, 5) is 0. The SMILES string of the molecule is CC(Br)(Br)C(Br)(Br)C(Br)(Br)C(Br)(Br)C(Br)(Br)C(Br)(Br)C(Br)(Br)C(Br)(Br)C(Br)(Br)C(Br)(Br)C(Br)(Br)Br. The van der Waals surface area contributed by atoms with Gasteiger partial charge in [0.25, 0.3) is 0 Å². The van der Waals surface area contributed by atoms with Gasteiger partial charge in [0.05, 0.1) is 0 Å². The Balaban J connectivity index is 7.15. The highest BCUT2D eigenvalue weighted by Gasteiger charge is 2.80. The van der Waals surface area contributed by atoms with Gasteiger partial charge in [0, 0.05) is 0 Å². The Labute approximate surface area is 398 Å². The van der Waals surface area contributed by atoms with Gasteiger partial charge in [-0.25, -0.2) is 0 Å². The van der Waals surface area contributed by atoms with Gasteiger partial charge in [0.15, 0.2) is 2.14 Å². The third kappa shape index (κ3) is 8.17. The van der Waals surface area contributed by atoms with E-state index in [-0.39, 0.29) is 0 Å². The zero-order chi connectivity index (χ0) is 29.5. The van der Waals surface area contributed by atoms with Crippen LogP contribution in [-0.2, 0) is 0 Å². The summed E-state index contributed by atoms with van der Waals surface area (Å²) in [6.45, 7) is 1.94. The molecule has 0 rings (SSSR count). The number of halogens is 23. The van der Waals surface area contributed by atoms with Crippen molar-refractivity contribution in [3.8, 4) is 0 Å². The molecule has 0 spiro atoms. The summed E-state index contributed by atoms with van der Waals surface area (Å²) in [5.74, 6) is 0. The number of hydrogen-bond acceptors (Lipinski definition) is 0. The zero-order valence-electron chi connectivity index (χ0n) is 15.2. The van der Waals surface area contributed by atoms with Crippen LogP contribution >= 0.6 is 366 Å². The predicted molar refractivity (Wildman–Crippen MR) is 241 cm³/mol. The third-order valence-electron chi connectivity index (χ3n) is 4.06. The van der Waals surface area contributed by atoms with Gasteiger partial charge in [-0.3, -0.25) is 0 Å². The van der Waals surface area contributed by atoms with Crippen LogP contribution in [-0.4, -0.2) is 34.5 Å². The van der Waals surface area contributed by atoms with Crippen molar-refractivity contribution in [2.45, 2.75) is 41.4 Å². The van der Waals surface area contributed by atoms with E-state index in [0.717, 1.165) is 0 Å².